The number of hydrogen-bond acceptors (Lipinski definition) is 2. The van der Waals surface area contributed by atoms with Crippen LogP contribution in [-0.2, 0) is 0 Å². The van der Waals surface area contributed by atoms with Gasteiger partial charge in [0.25, 0.3) is 0 Å². The van der Waals surface area contributed by atoms with Crippen molar-refractivity contribution in [1.82, 2.24) is 9.80 Å². The van der Waals surface area contributed by atoms with E-state index in [0.717, 1.165) is 13.2 Å². The summed E-state index contributed by atoms with van der Waals surface area (Å²) in [4.78, 5) is 4.26. The molecular weight excluding hydrogens is 144 g/mol. The molecule has 0 aromatic heterocycles. The molecule has 2 nitrogen and oxygen atoms in total. The highest BCUT2D eigenvalue weighted by molar-refractivity contribution is 7.59. The van der Waals surface area contributed by atoms with Crippen LogP contribution in [0, 0.1) is 0 Å². The Morgan fingerprint density at radius 1 is 1.60 bits per heavy atom. The SMILES string of the molecule is C=CN1C=CN(CC)C1.S. The van der Waals surface area contributed by atoms with E-state index in [9.17, 15) is 0 Å². The van der Waals surface area contributed by atoms with Crippen LogP contribution in [0.1, 0.15) is 6.92 Å². The van der Waals surface area contributed by atoms with Crippen LogP contribution in [0.2, 0.25) is 0 Å². The van der Waals surface area contributed by atoms with Gasteiger partial charge in [-0.3, -0.25) is 0 Å². The quantitative estimate of drug-likeness (QED) is 0.598. The number of rotatable bonds is 2. The van der Waals surface area contributed by atoms with Gasteiger partial charge in [0, 0.05) is 18.9 Å². The van der Waals surface area contributed by atoms with Crippen LogP contribution in [-0.4, -0.2) is 23.0 Å². The fourth-order valence-electron chi connectivity index (χ4n) is 0.808. The van der Waals surface area contributed by atoms with Crippen LogP contribution in [0.15, 0.2) is 25.2 Å². The Hall–Kier alpha value is -0.570. The predicted molar refractivity (Wildman–Crippen MR) is 48.8 cm³/mol. The van der Waals surface area contributed by atoms with E-state index in [-0.39, 0.29) is 13.5 Å². The van der Waals surface area contributed by atoms with Gasteiger partial charge in [0.15, 0.2) is 0 Å². The normalized spacial score (nSPS) is 15.3. The number of hydrogen-bond donors (Lipinski definition) is 0. The van der Waals surface area contributed by atoms with Crippen molar-refractivity contribution in [2.75, 3.05) is 13.2 Å². The van der Waals surface area contributed by atoms with Crippen molar-refractivity contribution in [1.29, 1.82) is 0 Å². The van der Waals surface area contributed by atoms with Gasteiger partial charge in [-0.2, -0.15) is 13.5 Å². The van der Waals surface area contributed by atoms with Gasteiger partial charge >= 0.3 is 0 Å². The average Bonchev–Trinajstić information content (AvgIpc) is 2.34. The second-order valence-electron chi connectivity index (χ2n) is 2.04. The van der Waals surface area contributed by atoms with Crippen molar-refractivity contribution in [2.24, 2.45) is 0 Å². The Morgan fingerprint density at radius 3 is 2.60 bits per heavy atom. The average molecular weight is 158 g/mol. The summed E-state index contributed by atoms with van der Waals surface area (Å²) in [5.41, 5.74) is 0. The first kappa shape index (κ1) is 9.43. The summed E-state index contributed by atoms with van der Waals surface area (Å²) in [7, 11) is 0. The molecule has 0 unspecified atom stereocenters. The maximum atomic E-state index is 3.66. The van der Waals surface area contributed by atoms with E-state index in [4.69, 9.17) is 0 Å². The lowest BCUT2D eigenvalue weighted by molar-refractivity contribution is 0.328. The molecule has 1 rings (SSSR count). The molecule has 10 heavy (non-hydrogen) atoms. The molecule has 0 saturated heterocycles. The Bertz CT molecular complexity index is 134. The van der Waals surface area contributed by atoms with E-state index in [1.54, 1.807) is 0 Å². The van der Waals surface area contributed by atoms with Crippen molar-refractivity contribution in [3.63, 3.8) is 0 Å². The molecule has 0 aliphatic carbocycles. The third-order valence-corrected chi connectivity index (χ3v) is 1.45. The lowest BCUT2D eigenvalue weighted by Gasteiger charge is -2.15. The fourth-order valence-corrected chi connectivity index (χ4v) is 0.808. The maximum absolute atomic E-state index is 3.66. The zero-order valence-electron chi connectivity index (χ0n) is 6.25. The lowest BCUT2D eigenvalue weighted by atomic mass is 10.6. The summed E-state index contributed by atoms with van der Waals surface area (Å²) in [6.07, 6.45) is 5.92. The molecule has 58 valence electrons. The highest BCUT2D eigenvalue weighted by Gasteiger charge is 2.05. The molecule has 0 fully saturated rings. The molecular formula is C7H14N2S. The third-order valence-electron chi connectivity index (χ3n) is 1.45. The van der Waals surface area contributed by atoms with Crippen LogP contribution in [0.3, 0.4) is 0 Å². The van der Waals surface area contributed by atoms with E-state index in [0.29, 0.717) is 0 Å². The molecule has 3 heteroatoms. The minimum Gasteiger partial charge on any atom is -0.359 e. The van der Waals surface area contributed by atoms with E-state index in [1.807, 2.05) is 17.3 Å². The summed E-state index contributed by atoms with van der Waals surface area (Å²) in [5, 5.41) is 0. The van der Waals surface area contributed by atoms with Gasteiger partial charge in [-0.1, -0.05) is 6.58 Å². The van der Waals surface area contributed by atoms with Crippen molar-refractivity contribution < 1.29 is 0 Å². The van der Waals surface area contributed by atoms with Gasteiger partial charge in [0.05, 0.1) is 6.67 Å². The molecule has 0 aromatic carbocycles. The standard InChI is InChI=1S/C7H12N2.H2S/c1-3-8-5-6-9(4-2)7-8;/h3,5-6H,1,4,7H2,2H3;1H2. The van der Waals surface area contributed by atoms with E-state index in [2.05, 4.69) is 24.6 Å². The second kappa shape index (κ2) is 4.28. The van der Waals surface area contributed by atoms with Crippen molar-refractivity contribution >= 4 is 13.5 Å². The zero-order valence-corrected chi connectivity index (χ0v) is 7.25. The molecule has 0 amide bonds. The van der Waals surface area contributed by atoms with Gasteiger partial charge < -0.3 is 9.80 Å². The second-order valence-corrected chi connectivity index (χ2v) is 2.04. The van der Waals surface area contributed by atoms with Gasteiger partial charge in [0.1, 0.15) is 0 Å². The third kappa shape index (κ3) is 1.99. The monoisotopic (exact) mass is 158 g/mol. The Morgan fingerprint density at radius 2 is 2.30 bits per heavy atom. The van der Waals surface area contributed by atoms with Crippen LogP contribution in [0.5, 0.6) is 0 Å². The van der Waals surface area contributed by atoms with Gasteiger partial charge in [-0.05, 0) is 13.1 Å². The summed E-state index contributed by atoms with van der Waals surface area (Å²) < 4.78 is 0. The minimum atomic E-state index is 0. The summed E-state index contributed by atoms with van der Waals surface area (Å²) >= 11 is 0. The summed E-state index contributed by atoms with van der Waals surface area (Å²) in [6, 6.07) is 0. The first-order valence-electron chi connectivity index (χ1n) is 3.17. The van der Waals surface area contributed by atoms with Gasteiger partial charge in [-0.25, -0.2) is 0 Å². The highest BCUT2D eigenvalue weighted by Crippen LogP contribution is 2.04. The first-order valence-corrected chi connectivity index (χ1v) is 3.17. The van der Waals surface area contributed by atoms with E-state index >= 15 is 0 Å². The Kier molecular flexibility index (Phi) is 4.03. The fraction of sp³-hybridized carbons (Fsp3) is 0.429. The number of nitrogens with zero attached hydrogens (tertiary/aromatic N) is 2. The van der Waals surface area contributed by atoms with Crippen molar-refractivity contribution in [2.45, 2.75) is 6.92 Å². The largest absolute Gasteiger partial charge is 0.359 e. The van der Waals surface area contributed by atoms with Gasteiger partial charge in [-0.15, -0.1) is 0 Å². The van der Waals surface area contributed by atoms with E-state index < -0.39 is 0 Å². The molecule has 0 atom stereocenters. The minimum absolute atomic E-state index is 0. The van der Waals surface area contributed by atoms with Crippen molar-refractivity contribution in [3.8, 4) is 0 Å². The van der Waals surface area contributed by atoms with Crippen LogP contribution in [0.25, 0.3) is 0 Å². The Labute approximate surface area is 69.3 Å². The molecule has 0 spiro atoms. The summed E-state index contributed by atoms with van der Waals surface area (Å²) in [6.45, 7) is 7.82. The molecule has 1 aliphatic rings. The van der Waals surface area contributed by atoms with E-state index in [1.165, 1.54) is 0 Å². The predicted octanol–water partition coefficient (Wildman–Crippen LogP) is 1.31. The van der Waals surface area contributed by atoms with Crippen LogP contribution in [0.4, 0.5) is 0 Å². The highest BCUT2D eigenvalue weighted by atomic mass is 32.1. The molecule has 0 radical (unpaired) electrons. The van der Waals surface area contributed by atoms with Gasteiger partial charge in [0.2, 0.25) is 0 Å². The van der Waals surface area contributed by atoms with Crippen molar-refractivity contribution in [3.05, 3.63) is 25.2 Å². The summed E-state index contributed by atoms with van der Waals surface area (Å²) in [5.74, 6) is 0. The molecule has 0 saturated carbocycles. The molecule has 0 bridgehead atoms. The topological polar surface area (TPSA) is 6.48 Å². The Balaban J connectivity index is 0.000000810. The molecule has 0 N–H and O–H groups in total. The first-order chi connectivity index (χ1) is 4.36. The van der Waals surface area contributed by atoms with Crippen LogP contribution >= 0.6 is 13.5 Å². The molecule has 1 aliphatic heterocycles. The molecule has 1 heterocycles. The smallest absolute Gasteiger partial charge is 0.0935 e. The maximum Gasteiger partial charge on any atom is 0.0935 e. The zero-order chi connectivity index (χ0) is 6.69. The lowest BCUT2D eigenvalue weighted by Crippen LogP contribution is -2.20. The molecule has 0 aromatic rings. The van der Waals surface area contributed by atoms with Crippen LogP contribution < -0.4 is 0 Å².